The molecule has 2 aromatic rings. The summed E-state index contributed by atoms with van der Waals surface area (Å²) in [5.74, 6) is 0.634. The van der Waals surface area contributed by atoms with E-state index in [-0.39, 0.29) is 0 Å². The van der Waals surface area contributed by atoms with Crippen LogP contribution in [0.1, 0.15) is 12.8 Å². The molecule has 0 amide bonds. The highest BCUT2D eigenvalue weighted by Crippen LogP contribution is 2.21. The van der Waals surface area contributed by atoms with E-state index in [2.05, 4.69) is 30.5 Å². The van der Waals surface area contributed by atoms with Crippen molar-refractivity contribution in [2.24, 2.45) is 5.92 Å². The smallest absolute Gasteiger partial charge is 0.179 e. The SMILES string of the molecule is S=c1[nH]c2cc(Br)cnc2n1CC1CCOCC1. The zero-order valence-electron chi connectivity index (χ0n) is 9.86. The van der Waals surface area contributed by atoms with Crippen LogP contribution in [0.2, 0.25) is 0 Å². The minimum atomic E-state index is 0.634. The highest BCUT2D eigenvalue weighted by atomic mass is 79.9. The van der Waals surface area contributed by atoms with Gasteiger partial charge in [0.15, 0.2) is 10.4 Å². The molecule has 1 saturated heterocycles. The zero-order valence-corrected chi connectivity index (χ0v) is 12.3. The molecule has 0 aromatic carbocycles. The number of imidazole rings is 1. The Bertz CT molecular complexity index is 615. The number of hydrogen-bond acceptors (Lipinski definition) is 3. The molecule has 0 bridgehead atoms. The summed E-state index contributed by atoms with van der Waals surface area (Å²) in [4.78, 5) is 7.67. The fourth-order valence-corrected chi connectivity index (χ4v) is 2.98. The van der Waals surface area contributed by atoms with Crippen molar-refractivity contribution < 1.29 is 4.74 Å². The number of aromatic amines is 1. The van der Waals surface area contributed by atoms with E-state index in [1.807, 2.05) is 12.3 Å². The van der Waals surface area contributed by atoms with Gasteiger partial charge in [0.2, 0.25) is 0 Å². The normalized spacial score (nSPS) is 17.4. The van der Waals surface area contributed by atoms with Crippen LogP contribution in [-0.4, -0.2) is 27.7 Å². The number of ether oxygens (including phenoxy) is 1. The quantitative estimate of drug-likeness (QED) is 0.861. The topological polar surface area (TPSA) is 42.8 Å². The minimum absolute atomic E-state index is 0.634. The molecule has 0 aliphatic carbocycles. The third kappa shape index (κ3) is 2.37. The Hall–Kier alpha value is -0.720. The number of nitrogens with one attached hydrogen (secondary N) is 1. The average molecular weight is 328 g/mol. The molecule has 0 saturated carbocycles. The summed E-state index contributed by atoms with van der Waals surface area (Å²) in [6.07, 6.45) is 4.02. The fourth-order valence-electron chi connectivity index (χ4n) is 2.37. The third-order valence-electron chi connectivity index (χ3n) is 3.36. The molecule has 1 fully saturated rings. The van der Waals surface area contributed by atoms with Crippen LogP contribution >= 0.6 is 28.1 Å². The van der Waals surface area contributed by atoms with Crippen molar-refractivity contribution in [3.8, 4) is 0 Å². The second-order valence-electron chi connectivity index (χ2n) is 4.62. The van der Waals surface area contributed by atoms with Crippen LogP contribution in [0.25, 0.3) is 11.2 Å². The van der Waals surface area contributed by atoms with Crippen LogP contribution in [0.3, 0.4) is 0 Å². The lowest BCUT2D eigenvalue weighted by atomic mass is 10.0. The van der Waals surface area contributed by atoms with Gasteiger partial charge < -0.3 is 14.3 Å². The van der Waals surface area contributed by atoms with Gasteiger partial charge in [0.1, 0.15) is 0 Å². The van der Waals surface area contributed by atoms with Crippen LogP contribution in [0.15, 0.2) is 16.7 Å². The highest BCUT2D eigenvalue weighted by Gasteiger charge is 2.16. The van der Waals surface area contributed by atoms with E-state index in [1.54, 1.807) is 0 Å². The molecule has 3 heterocycles. The molecule has 4 nitrogen and oxygen atoms in total. The van der Waals surface area contributed by atoms with Crippen molar-refractivity contribution in [2.45, 2.75) is 19.4 Å². The summed E-state index contributed by atoms with van der Waals surface area (Å²) in [5, 5.41) is 0. The lowest BCUT2D eigenvalue weighted by Crippen LogP contribution is -2.20. The van der Waals surface area contributed by atoms with Crippen LogP contribution in [0.5, 0.6) is 0 Å². The molecule has 0 atom stereocenters. The molecule has 18 heavy (non-hydrogen) atoms. The van der Waals surface area contributed by atoms with E-state index < -0.39 is 0 Å². The van der Waals surface area contributed by atoms with Crippen LogP contribution < -0.4 is 0 Å². The van der Waals surface area contributed by atoms with Crippen LogP contribution in [-0.2, 0) is 11.3 Å². The van der Waals surface area contributed by atoms with Gasteiger partial charge in [-0.25, -0.2) is 4.98 Å². The zero-order chi connectivity index (χ0) is 12.5. The van der Waals surface area contributed by atoms with Crippen LogP contribution in [0, 0.1) is 10.7 Å². The standard InChI is InChI=1S/C12H14BrN3OS/c13-9-5-10-11(14-6-9)16(12(18)15-10)7-8-1-3-17-4-2-8/h5-6,8H,1-4,7H2,(H,15,18). The fraction of sp³-hybridized carbons (Fsp3) is 0.500. The Balaban J connectivity index is 1.95. The number of pyridine rings is 1. The Morgan fingerprint density at radius 2 is 2.28 bits per heavy atom. The van der Waals surface area contributed by atoms with Gasteiger partial charge in [-0.1, -0.05) is 0 Å². The van der Waals surface area contributed by atoms with Crippen molar-refractivity contribution in [3.05, 3.63) is 21.5 Å². The first kappa shape index (κ1) is 12.3. The summed E-state index contributed by atoms with van der Waals surface area (Å²) in [5.41, 5.74) is 1.93. The second-order valence-corrected chi connectivity index (χ2v) is 5.92. The van der Waals surface area contributed by atoms with Crippen molar-refractivity contribution in [2.75, 3.05) is 13.2 Å². The number of aromatic nitrogens is 3. The number of H-pyrrole nitrogens is 1. The monoisotopic (exact) mass is 327 g/mol. The molecule has 0 spiro atoms. The van der Waals surface area contributed by atoms with Gasteiger partial charge in [-0.2, -0.15) is 0 Å². The molecule has 96 valence electrons. The number of halogens is 1. The molecular formula is C12H14BrN3OS. The maximum atomic E-state index is 5.39. The number of nitrogens with zero attached hydrogens (tertiary/aromatic N) is 2. The summed E-state index contributed by atoms with van der Waals surface area (Å²) in [6.45, 7) is 2.65. The molecule has 1 N–H and O–H groups in total. The van der Waals surface area contributed by atoms with Crippen molar-refractivity contribution in [3.63, 3.8) is 0 Å². The number of hydrogen-bond donors (Lipinski definition) is 1. The van der Waals surface area contributed by atoms with Gasteiger partial charge >= 0.3 is 0 Å². The van der Waals surface area contributed by atoms with Crippen molar-refractivity contribution >= 4 is 39.3 Å². The van der Waals surface area contributed by atoms with E-state index in [1.165, 1.54) is 0 Å². The van der Waals surface area contributed by atoms with Gasteiger partial charge in [0.05, 0.1) is 5.52 Å². The molecule has 2 aromatic heterocycles. The Morgan fingerprint density at radius 3 is 3.06 bits per heavy atom. The van der Waals surface area contributed by atoms with E-state index >= 15 is 0 Å². The average Bonchev–Trinajstić information content (AvgIpc) is 2.66. The van der Waals surface area contributed by atoms with Crippen molar-refractivity contribution in [1.82, 2.24) is 14.5 Å². The minimum Gasteiger partial charge on any atom is -0.381 e. The summed E-state index contributed by atoms with van der Waals surface area (Å²) in [6, 6.07) is 2.01. The van der Waals surface area contributed by atoms with Gasteiger partial charge in [-0.3, -0.25) is 0 Å². The maximum Gasteiger partial charge on any atom is 0.179 e. The van der Waals surface area contributed by atoms with E-state index in [4.69, 9.17) is 17.0 Å². The van der Waals surface area contributed by atoms with Gasteiger partial charge in [0, 0.05) is 30.4 Å². The van der Waals surface area contributed by atoms with E-state index in [9.17, 15) is 0 Å². The summed E-state index contributed by atoms with van der Waals surface area (Å²) < 4.78 is 9.21. The largest absolute Gasteiger partial charge is 0.381 e. The molecule has 3 rings (SSSR count). The Kier molecular flexibility index (Phi) is 3.50. The third-order valence-corrected chi connectivity index (χ3v) is 4.11. The summed E-state index contributed by atoms with van der Waals surface area (Å²) >= 11 is 8.81. The first-order valence-electron chi connectivity index (χ1n) is 6.06. The predicted molar refractivity (Wildman–Crippen MR) is 76.2 cm³/mol. The molecule has 1 aliphatic heterocycles. The summed E-state index contributed by atoms with van der Waals surface area (Å²) in [7, 11) is 0. The van der Waals surface area contributed by atoms with Gasteiger partial charge in [-0.05, 0) is 53.0 Å². The predicted octanol–water partition coefficient (Wildman–Crippen LogP) is 3.28. The second kappa shape index (κ2) is 5.11. The first-order valence-corrected chi connectivity index (χ1v) is 7.26. The lowest BCUT2D eigenvalue weighted by Gasteiger charge is -2.22. The van der Waals surface area contributed by atoms with Crippen LogP contribution in [0.4, 0.5) is 0 Å². The van der Waals surface area contributed by atoms with Gasteiger partial charge in [-0.15, -0.1) is 0 Å². The lowest BCUT2D eigenvalue weighted by molar-refractivity contribution is 0.0614. The highest BCUT2D eigenvalue weighted by molar-refractivity contribution is 9.10. The molecule has 6 heteroatoms. The van der Waals surface area contributed by atoms with E-state index in [0.717, 1.165) is 53.0 Å². The molecular weight excluding hydrogens is 314 g/mol. The Labute approximate surface area is 118 Å². The molecule has 0 unspecified atom stereocenters. The number of fused-ring (bicyclic) bond motifs is 1. The maximum absolute atomic E-state index is 5.39. The number of rotatable bonds is 2. The first-order chi connectivity index (χ1) is 8.74. The van der Waals surface area contributed by atoms with E-state index in [0.29, 0.717) is 5.92 Å². The molecule has 0 radical (unpaired) electrons. The van der Waals surface area contributed by atoms with Crippen molar-refractivity contribution in [1.29, 1.82) is 0 Å². The van der Waals surface area contributed by atoms with Gasteiger partial charge in [0.25, 0.3) is 0 Å². The molecule has 1 aliphatic rings. The Morgan fingerprint density at radius 1 is 1.50 bits per heavy atom.